The number of guanidine groups is 1. The summed E-state index contributed by atoms with van der Waals surface area (Å²) in [6.45, 7) is 4.38. The number of aliphatic hydroxyl groups is 2. The van der Waals surface area contributed by atoms with Gasteiger partial charge in [0, 0.05) is 31.0 Å². The van der Waals surface area contributed by atoms with Crippen LogP contribution in [0.3, 0.4) is 0 Å². The number of carboxylic acids is 2. The van der Waals surface area contributed by atoms with Crippen molar-refractivity contribution >= 4 is 84.5 Å². The Morgan fingerprint density at radius 3 is 1.67 bits per heavy atom. The molecule has 0 spiro atoms. The van der Waals surface area contributed by atoms with Crippen molar-refractivity contribution in [3.05, 3.63) is 0 Å². The molecule has 24 nitrogen and oxygen atoms in total. The zero-order valence-electron chi connectivity index (χ0n) is 35.7. The molecule has 1 fully saturated rings. The molecule has 0 aromatic carbocycles. The molecule has 1 heterocycles. The molecule has 358 valence electrons. The highest BCUT2D eigenvalue weighted by molar-refractivity contribution is 7.80. The summed E-state index contributed by atoms with van der Waals surface area (Å²) in [5.41, 5.74) is 16.5. The van der Waals surface area contributed by atoms with E-state index in [-0.39, 0.29) is 56.1 Å². The van der Waals surface area contributed by atoms with Crippen LogP contribution >= 0.6 is 25.3 Å². The number of β-amino-alcohol motifs (C(OH)–C–C–N with tert-alkyl or cyclic N) is 1. The van der Waals surface area contributed by atoms with Crippen molar-refractivity contribution in [3.8, 4) is 0 Å². The van der Waals surface area contributed by atoms with E-state index in [1.165, 1.54) is 0 Å². The van der Waals surface area contributed by atoms with Crippen LogP contribution in [0.1, 0.15) is 85.0 Å². The smallest absolute Gasteiger partial charge is 0.327 e. The van der Waals surface area contributed by atoms with Gasteiger partial charge < -0.3 is 74.4 Å². The lowest BCUT2D eigenvalue weighted by Crippen LogP contribution is -2.62. The molecule has 1 rings (SSSR count). The fraction of sp³-hybridized carbons (Fsp3) is 0.730. The Balaban J connectivity index is 3.36. The zero-order chi connectivity index (χ0) is 48.0. The quantitative estimate of drug-likeness (QED) is 0.0145. The highest BCUT2D eigenvalue weighted by atomic mass is 32.1. The molecule has 0 saturated carbocycles. The Hall–Kier alpha value is -4.92. The van der Waals surface area contributed by atoms with Gasteiger partial charge in [-0.05, 0) is 32.6 Å². The van der Waals surface area contributed by atoms with Gasteiger partial charge in [0.1, 0.15) is 42.3 Å². The molecule has 1 aliphatic rings. The number of nitrogens with one attached hydrogen (secondary N) is 6. The van der Waals surface area contributed by atoms with E-state index in [9.17, 15) is 63.6 Å². The second kappa shape index (κ2) is 28.7. The van der Waals surface area contributed by atoms with Crippen LogP contribution in [0.4, 0.5) is 0 Å². The average Bonchev–Trinajstić information content (AvgIpc) is 3.62. The van der Waals surface area contributed by atoms with Crippen LogP contribution in [0.2, 0.25) is 0 Å². The number of amides is 7. The summed E-state index contributed by atoms with van der Waals surface area (Å²) in [5, 5.41) is 54.8. The number of likely N-dealkylation sites (tertiary alicyclic amines) is 1. The predicted octanol–water partition coefficient (Wildman–Crippen LogP) is -4.58. The normalized spacial score (nSPS) is 18.4. The van der Waals surface area contributed by atoms with E-state index < -0.39 is 127 Å². The lowest BCUT2D eigenvalue weighted by atomic mass is 10.0. The maximum absolute atomic E-state index is 14.0. The van der Waals surface area contributed by atoms with E-state index >= 15 is 0 Å². The number of nitrogens with zero attached hydrogens (tertiary/aromatic N) is 2. The van der Waals surface area contributed by atoms with Gasteiger partial charge in [-0.3, -0.25) is 43.3 Å². The Kier molecular flexibility index (Phi) is 25.6. The molecule has 0 aromatic heterocycles. The van der Waals surface area contributed by atoms with Gasteiger partial charge >= 0.3 is 11.9 Å². The van der Waals surface area contributed by atoms with Crippen molar-refractivity contribution in [2.75, 3.05) is 24.6 Å². The number of rotatable bonds is 29. The Morgan fingerprint density at radius 2 is 1.19 bits per heavy atom. The fourth-order valence-corrected chi connectivity index (χ4v) is 6.68. The van der Waals surface area contributed by atoms with Crippen molar-refractivity contribution in [1.29, 1.82) is 0 Å². The van der Waals surface area contributed by atoms with Gasteiger partial charge in [0.15, 0.2) is 5.96 Å². The average molecular weight is 936 g/mol. The number of carbonyl (C=O) groups excluding carboxylic acids is 7. The summed E-state index contributed by atoms with van der Waals surface area (Å²) < 4.78 is 0. The number of thiol groups is 2. The van der Waals surface area contributed by atoms with E-state index in [2.05, 4.69) is 62.2 Å². The maximum Gasteiger partial charge on any atom is 0.327 e. The summed E-state index contributed by atoms with van der Waals surface area (Å²) in [6.07, 6.45) is -2.06. The van der Waals surface area contributed by atoms with Crippen molar-refractivity contribution < 1.29 is 63.6 Å². The number of hydrogen-bond acceptors (Lipinski definition) is 15. The van der Waals surface area contributed by atoms with Crippen molar-refractivity contribution in [2.45, 2.75) is 146 Å². The molecule has 1 aliphatic heterocycles. The minimum Gasteiger partial charge on any atom is -0.481 e. The van der Waals surface area contributed by atoms with Crippen LogP contribution in [0.25, 0.3) is 0 Å². The van der Waals surface area contributed by atoms with Gasteiger partial charge in [-0.2, -0.15) is 25.3 Å². The van der Waals surface area contributed by atoms with Crippen LogP contribution in [0.15, 0.2) is 4.99 Å². The molecular weight excluding hydrogens is 871 g/mol. The number of carbonyl (C=O) groups is 9. The van der Waals surface area contributed by atoms with Gasteiger partial charge in [-0.15, -0.1) is 0 Å². The lowest BCUT2D eigenvalue weighted by Gasteiger charge is -2.32. The second-order valence-corrected chi connectivity index (χ2v) is 15.8. The second-order valence-electron chi connectivity index (χ2n) is 15.1. The maximum atomic E-state index is 14.0. The summed E-state index contributed by atoms with van der Waals surface area (Å²) in [5.74, 6) is -9.95. The van der Waals surface area contributed by atoms with Gasteiger partial charge in [0.05, 0.1) is 24.7 Å². The van der Waals surface area contributed by atoms with E-state index in [0.29, 0.717) is 25.7 Å². The monoisotopic (exact) mass is 935 g/mol. The third kappa shape index (κ3) is 19.6. The Labute approximate surface area is 376 Å². The number of aliphatic imine (C=N–C) groups is 1. The van der Waals surface area contributed by atoms with Gasteiger partial charge in [-0.1, -0.05) is 39.5 Å². The molecule has 1 saturated heterocycles. The molecule has 26 heteroatoms. The number of aliphatic carboxylic acids is 2. The first-order valence-corrected chi connectivity index (χ1v) is 21.8. The summed E-state index contributed by atoms with van der Waals surface area (Å²) in [4.78, 5) is 122. The van der Waals surface area contributed by atoms with Crippen LogP contribution in [0.5, 0.6) is 0 Å². The minimum absolute atomic E-state index is 0.0319. The molecule has 0 bridgehead atoms. The largest absolute Gasteiger partial charge is 0.481 e. The molecule has 0 aromatic rings. The highest BCUT2D eigenvalue weighted by Gasteiger charge is 2.44. The molecular formula is C37H65N11O13S2. The van der Waals surface area contributed by atoms with E-state index in [0.717, 1.165) is 11.8 Å². The van der Waals surface area contributed by atoms with Crippen LogP contribution < -0.4 is 49.1 Å². The van der Waals surface area contributed by atoms with Crippen molar-refractivity contribution in [3.63, 3.8) is 0 Å². The van der Waals surface area contributed by atoms with E-state index in [1.807, 2.05) is 6.92 Å². The topological polar surface area (TPSA) is 400 Å². The van der Waals surface area contributed by atoms with Gasteiger partial charge in [0.25, 0.3) is 0 Å². The molecule has 0 radical (unpaired) electrons. The first kappa shape index (κ1) is 56.1. The summed E-state index contributed by atoms with van der Waals surface area (Å²) in [6, 6.07) is -11.4. The zero-order valence-corrected chi connectivity index (χ0v) is 37.4. The molecule has 0 aliphatic carbocycles. The predicted molar refractivity (Wildman–Crippen MR) is 234 cm³/mol. The molecule has 0 unspecified atom stereocenters. The first-order chi connectivity index (χ1) is 29.6. The van der Waals surface area contributed by atoms with Crippen LogP contribution in [0, 0.1) is 0 Å². The number of aliphatic hydroxyl groups excluding tert-OH is 2. The first-order valence-electron chi connectivity index (χ1n) is 20.6. The molecule has 7 amide bonds. The van der Waals surface area contributed by atoms with Gasteiger partial charge in [0.2, 0.25) is 41.4 Å². The summed E-state index contributed by atoms with van der Waals surface area (Å²) in [7, 11) is 0. The minimum atomic E-state index is -1.77. The molecule has 10 atom stereocenters. The van der Waals surface area contributed by atoms with E-state index in [4.69, 9.17) is 17.2 Å². The number of nitrogens with two attached hydrogens (primary N) is 3. The fourth-order valence-electron chi connectivity index (χ4n) is 6.27. The number of carboxylic acid groups (broad SMARTS) is 2. The number of hydrogen-bond donors (Lipinski definition) is 15. The van der Waals surface area contributed by atoms with E-state index in [1.54, 1.807) is 6.92 Å². The molecule has 63 heavy (non-hydrogen) atoms. The van der Waals surface area contributed by atoms with Crippen LogP contribution in [-0.2, 0) is 43.2 Å². The lowest BCUT2D eigenvalue weighted by molar-refractivity contribution is -0.145. The highest BCUT2D eigenvalue weighted by Crippen LogP contribution is 2.21. The standard InChI is InChI=1S/C37H65N11O13S2/c1-4-6-9-21(42-29(53)20(38)16-62)30(54)45-24(14-27(51)52)33(57)43-22(10-7-5-2)32(56)47-28(18(3)49)35(59)48-15-19(50)13-26(48)34(58)44-23(11-8-12-41-37(39)40)31(55)46-25(17-63)36(60)61/h18-26,28,49-50,62-63H,4-17,38H2,1-3H3,(H,42,53)(H,43,57)(H,44,58)(H,45,54)(H,46,55)(H,47,56)(H,51,52)(H,60,61)(H4,39,40,41)/t18-,19-,20-,21+,22+,23-,24+,25-,26+,28+/m1/s1. The SMILES string of the molecule is CCCC[C@H](NC(=O)[C@H](N)CS)C(=O)N[C@@H](CC(=O)O)C(=O)N[C@@H](CCCC)C(=O)N[C@H](C(=O)N1C[C@H](O)C[C@H]1C(=O)N[C@H](CCCN=C(N)N)C(=O)N[C@H](CS)C(=O)O)[C@@H](C)O. The summed E-state index contributed by atoms with van der Waals surface area (Å²) >= 11 is 7.92. The van der Waals surface area contributed by atoms with Crippen molar-refractivity contribution in [1.82, 2.24) is 36.8 Å². The van der Waals surface area contributed by atoms with Gasteiger partial charge in [-0.25, -0.2) is 4.79 Å². The third-order valence-corrected chi connectivity index (χ3v) is 10.5. The van der Waals surface area contributed by atoms with Crippen molar-refractivity contribution in [2.24, 2.45) is 22.2 Å². The third-order valence-electron chi connectivity index (χ3n) is 9.79. The molecule has 16 N–H and O–H groups in total. The Bertz CT molecular complexity index is 1620. The number of unbranched alkanes of at least 4 members (excludes halogenated alkanes) is 2. The Morgan fingerprint density at radius 1 is 0.714 bits per heavy atom. The van der Waals surface area contributed by atoms with Crippen LogP contribution in [-0.4, -0.2) is 170 Å².